The van der Waals surface area contributed by atoms with Crippen molar-refractivity contribution in [3.63, 3.8) is 0 Å². The molecule has 2 aliphatic rings. The Morgan fingerprint density at radius 1 is 1.30 bits per heavy atom. The highest BCUT2D eigenvalue weighted by molar-refractivity contribution is 7.27. The molecule has 0 spiro atoms. The number of amides is 1. The molecule has 2 saturated heterocycles. The van der Waals surface area contributed by atoms with E-state index in [4.69, 9.17) is 0 Å². The zero-order chi connectivity index (χ0) is 15.9. The van der Waals surface area contributed by atoms with Crippen molar-refractivity contribution >= 4 is 38.0 Å². The van der Waals surface area contributed by atoms with Gasteiger partial charge in [-0.15, -0.1) is 22.7 Å². The van der Waals surface area contributed by atoms with Gasteiger partial charge in [-0.2, -0.15) is 0 Å². The summed E-state index contributed by atoms with van der Waals surface area (Å²) in [5.41, 5.74) is 0.407. The maximum Gasteiger partial charge on any atom is 0.264 e. The maximum atomic E-state index is 12.7. The van der Waals surface area contributed by atoms with Crippen molar-refractivity contribution in [1.29, 1.82) is 0 Å². The molecule has 6 heteroatoms. The van der Waals surface area contributed by atoms with Gasteiger partial charge < -0.3 is 10.2 Å². The van der Waals surface area contributed by atoms with Crippen LogP contribution in [0.2, 0.25) is 0 Å². The molecule has 1 N–H and O–H groups in total. The molecule has 0 bridgehead atoms. The number of hydrogen-bond acceptors (Lipinski definition) is 5. The number of piperazine rings is 1. The molecule has 0 saturated carbocycles. The fourth-order valence-corrected chi connectivity index (χ4v) is 5.76. The summed E-state index contributed by atoms with van der Waals surface area (Å²) in [5, 5.41) is 5.56. The summed E-state index contributed by atoms with van der Waals surface area (Å²) < 4.78 is 2.47. The maximum absolute atomic E-state index is 12.7. The molecule has 0 aromatic carbocycles. The fourth-order valence-electron chi connectivity index (χ4n) is 3.68. The lowest BCUT2D eigenvalue weighted by molar-refractivity contribution is 0.0586. The second-order valence-electron chi connectivity index (χ2n) is 7.07. The first-order valence-electron chi connectivity index (χ1n) is 8.32. The molecule has 1 atom stereocenters. The Labute approximate surface area is 145 Å². The van der Waals surface area contributed by atoms with Gasteiger partial charge in [0.1, 0.15) is 0 Å². The first-order valence-corrected chi connectivity index (χ1v) is 10.0. The first-order chi connectivity index (χ1) is 11.1. The number of hydrogen-bond donors (Lipinski definition) is 1. The third kappa shape index (κ3) is 3.18. The van der Waals surface area contributed by atoms with Crippen LogP contribution in [-0.2, 0) is 0 Å². The summed E-state index contributed by atoms with van der Waals surface area (Å²) in [6, 6.07) is 4.17. The van der Waals surface area contributed by atoms with Crippen molar-refractivity contribution in [2.45, 2.75) is 13.3 Å². The first kappa shape index (κ1) is 15.6. The Balaban J connectivity index is 1.35. The highest BCUT2D eigenvalue weighted by Crippen LogP contribution is 2.31. The quantitative estimate of drug-likeness (QED) is 0.925. The van der Waals surface area contributed by atoms with Gasteiger partial charge in [0, 0.05) is 48.7 Å². The minimum absolute atomic E-state index is 0.215. The predicted octanol–water partition coefficient (Wildman–Crippen LogP) is 2.72. The number of thiophene rings is 2. The molecule has 1 amide bonds. The van der Waals surface area contributed by atoms with Gasteiger partial charge in [-0.1, -0.05) is 6.92 Å². The molecule has 2 fully saturated rings. The second kappa shape index (κ2) is 6.16. The molecule has 2 aliphatic heterocycles. The normalized spacial score (nSPS) is 26.2. The lowest BCUT2D eigenvalue weighted by atomic mass is 9.89. The minimum Gasteiger partial charge on any atom is -0.335 e. The van der Waals surface area contributed by atoms with E-state index in [1.165, 1.54) is 15.8 Å². The Kier molecular flexibility index (Phi) is 4.17. The zero-order valence-corrected chi connectivity index (χ0v) is 15.1. The Bertz CT molecular complexity index is 665. The third-order valence-electron chi connectivity index (χ3n) is 5.07. The highest BCUT2D eigenvalue weighted by Gasteiger charge is 2.32. The largest absolute Gasteiger partial charge is 0.335 e. The van der Waals surface area contributed by atoms with Gasteiger partial charge in [0.2, 0.25) is 0 Å². The average molecular weight is 350 g/mol. The van der Waals surface area contributed by atoms with Crippen molar-refractivity contribution in [2.75, 3.05) is 45.8 Å². The Hall–Kier alpha value is -0.950. The van der Waals surface area contributed by atoms with Gasteiger partial charge in [0.05, 0.1) is 4.88 Å². The molecule has 0 radical (unpaired) electrons. The number of fused-ring (bicyclic) bond motifs is 1. The van der Waals surface area contributed by atoms with Crippen LogP contribution in [-0.4, -0.2) is 61.5 Å². The molecule has 124 valence electrons. The minimum atomic E-state index is 0.215. The van der Waals surface area contributed by atoms with Crippen molar-refractivity contribution in [1.82, 2.24) is 15.1 Å². The van der Waals surface area contributed by atoms with E-state index < -0.39 is 0 Å². The van der Waals surface area contributed by atoms with E-state index in [-0.39, 0.29) is 5.91 Å². The van der Waals surface area contributed by atoms with Gasteiger partial charge in [0.25, 0.3) is 5.91 Å². The van der Waals surface area contributed by atoms with Crippen LogP contribution in [0.4, 0.5) is 0 Å². The molecular formula is C17H23N3OS2. The van der Waals surface area contributed by atoms with Crippen LogP contribution in [0.1, 0.15) is 23.0 Å². The van der Waals surface area contributed by atoms with E-state index in [1.54, 1.807) is 22.7 Å². The fraction of sp³-hybridized carbons (Fsp3) is 0.588. The molecule has 2 aromatic rings. The molecule has 2 aromatic heterocycles. The van der Waals surface area contributed by atoms with Gasteiger partial charge in [0.15, 0.2) is 0 Å². The van der Waals surface area contributed by atoms with Crippen LogP contribution in [0.3, 0.4) is 0 Å². The molecule has 1 unspecified atom stereocenters. The van der Waals surface area contributed by atoms with Gasteiger partial charge in [-0.3, -0.25) is 9.69 Å². The number of nitrogens with zero attached hydrogens (tertiary/aromatic N) is 2. The van der Waals surface area contributed by atoms with E-state index in [0.717, 1.165) is 50.7 Å². The molecule has 4 heterocycles. The summed E-state index contributed by atoms with van der Waals surface area (Å²) in [6.45, 7) is 9.51. The third-order valence-corrected chi connectivity index (χ3v) is 7.15. The second-order valence-corrected chi connectivity index (χ2v) is 9.10. The van der Waals surface area contributed by atoms with Crippen molar-refractivity contribution in [3.05, 3.63) is 22.4 Å². The summed E-state index contributed by atoms with van der Waals surface area (Å²) >= 11 is 3.34. The van der Waals surface area contributed by atoms with Crippen molar-refractivity contribution in [2.24, 2.45) is 5.41 Å². The van der Waals surface area contributed by atoms with E-state index in [0.29, 0.717) is 5.41 Å². The molecule has 23 heavy (non-hydrogen) atoms. The molecule has 4 nitrogen and oxygen atoms in total. The molecule has 0 aliphatic carbocycles. The van der Waals surface area contributed by atoms with Crippen molar-refractivity contribution < 1.29 is 4.79 Å². The van der Waals surface area contributed by atoms with E-state index >= 15 is 0 Å². The molecule has 4 rings (SSSR count). The topological polar surface area (TPSA) is 35.6 Å². The summed E-state index contributed by atoms with van der Waals surface area (Å²) in [7, 11) is 0. The number of rotatable bonds is 3. The number of carbonyl (C=O) groups is 1. The van der Waals surface area contributed by atoms with E-state index in [2.05, 4.69) is 34.7 Å². The van der Waals surface area contributed by atoms with E-state index in [9.17, 15) is 4.79 Å². The smallest absolute Gasteiger partial charge is 0.264 e. The Morgan fingerprint density at radius 3 is 2.83 bits per heavy atom. The Morgan fingerprint density at radius 2 is 2.13 bits per heavy atom. The van der Waals surface area contributed by atoms with Crippen LogP contribution in [0.15, 0.2) is 17.5 Å². The van der Waals surface area contributed by atoms with Crippen LogP contribution in [0.5, 0.6) is 0 Å². The summed E-state index contributed by atoms with van der Waals surface area (Å²) in [6.07, 6.45) is 1.26. The predicted molar refractivity (Wildman–Crippen MR) is 97.6 cm³/mol. The van der Waals surface area contributed by atoms with Crippen LogP contribution in [0.25, 0.3) is 9.40 Å². The number of carbonyl (C=O) groups excluding carboxylic acids is 1. The number of nitrogens with one attached hydrogen (secondary N) is 1. The SMILES string of the molecule is CC1(CN2CCN(C(=O)c3cc4sccc4s3)CC2)CCNC1. The monoisotopic (exact) mass is 349 g/mol. The van der Waals surface area contributed by atoms with Gasteiger partial charge in [-0.05, 0) is 35.9 Å². The average Bonchev–Trinajstić information content (AvgIpc) is 3.23. The summed E-state index contributed by atoms with van der Waals surface area (Å²) in [4.78, 5) is 18.2. The van der Waals surface area contributed by atoms with Crippen LogP contribution < -0.4 is 5.32 Å². The zero-order valence-electron chi connectivity index (χ0n) is 13.5. The lowest BCUT2D eigenvalue weighted by Crippen LogP contribution is -2.51. The molecular weight excluding hydrogens is 326 g/mol. The summed E-state index contributed by atoms with van der Waals surface area (Å²) in [5.74, 6) is 0.215. The van der Waals surface area contributed by atoms with Crippen LogP contribution in [0, 0.1) is 5.41 Å². The standard InChI is InChI=1S/C17H23N3OS2/c1-17(3-4-18-11-17)12-19-5-7-20(8-6-19)16(21)15-10-14-13(23-15)2-9-22-14/h2,9-10,18H,3-8,11-12H2,1H3. The van der Waals surface area contributed by atoms with Crippen LogP contribution >= 0.6 is 22.7 Å². The highest BCUT2D eigenvalue weighted by atomic mass is 32.1. The van der Waals surface area contributed by atoms with Crippen molar-refractivity contribution in [3.8, 4) is 0 Å². The lowest BCUT2D eigenvalue weighted by Gasteiger charge is -2.38. The van der Waals surface area contributed by atoms with Gasteiger partial charge in [-0.25, -0.2) is 0 Å². The van der Waals surface area contributed by atoms with Gasteiger partial charge >= 0.3 is 0 Å². The van der Waals surface area contributed by atoms with E-state index in [1.807, 2.05) is 4.90 Å².